The van der Waals surface area contributed by atoms with Crippen LogP contribution in [-0.2, 0) is 118 Å². The van der Waals surface area contributed by atoms with Crippen LogP contribution in [0.3, 0.4) is 0 Å². The third kappa shape index (κ3) is 844. The third-order valence-corrected chi connectivity index (χ3v) is 0. The predicted octanol–water partition coefficient (Wildman–Crippen LogP) is -6.10. The molecule has 12 nitrogen and oxygen atoms in total. The molecular formula is NiO12PbTa4. The van der Waals surface area contributed by atoms with E-state index < -0.39 is 75.1 Å². The van der Waals surface area contributed by atoms with E-state index in [2.05, 4.69) is 0 Å². The summed E-state index contributed by atoms with van der Waals surface area (Å²) < 4.78 is 103. The van der Waals surface area contributed by atoms with Crippen LogP contribution in [-0.4, -0.2) is 27.3 Å². The van der Waals surface area contributed by atoms with Crippen LogP contribution in [0.4, 0.5) is 0 Å². The van der Waals surface area contributed by atoms with E-state index in [0.717, 1.165) is 0 Å². The quantitative estimate of drug-likeness (QED) is 0.207. The first kappa shape index (κ1) is 37.1. The first-order valence-electron chi connectivity index (χ1n) is 2.19. The molecular weight excluding hydrogens is 1180 g/mol. The summed E-state index contributed by atoms with van der Waals surface area (Å²) >= 11 is -17.4. The molecule has 106 valence electrons. The van der Waals surface area contributed by atoms with Gasteiger partial charge in [0.05, 0.1) is 0 Å². The second-order valence-corrected chi connectivity index (χ2v) is 7.32. The first-order valence-corrected chi connectivity index (χ1v) is 17.9. The van der Waals surface area contributed by atoms with Gasteiger partial charge in [-0.2, -0.15) is 0 Å². The van der Waals surface area contributed by atoms with Gasteiger partial charge in [0.1, 0.15) is 0 Å². The van der Waals surface area contributed by atoms with Crippen molar-refractivity contribution in [2.75, 3.05) is 0 Å². The zero-order valence-electron chi connectivity index (χ0n) is 7.50. The maximum atomic E-state index is 8.62. The van der Waals surface area contributed by atoms with Crippen LogP contribution < -0.4 is 14.5 Å². The van der Waals surface area contributed by atoms with Crippen molar-refractivity contribution < 1.29 is 132 Å². The molecule has 0 aromatic heterocycles. The molecule has 0 heterocycles. The van der Waals surface area contributed by atoms with Crippen LogP contribution in [0.5, 0.6) is 0 Å². The van der Waals surface area contributed by atoms with Crippen LogP contribution >= 0.6 is 0 Å². The second kappa shape index (κ2) is 31.8. The molecule has 0 rings (SSSR count). The van der Waals surface area contributed by atoms with Crippen LogP contribution in [0.25, 0.3) is 0 Å². The van der Waals surface area contributed by atoms with Crippen molar-refractivity contribution in [3.8, 4) is 0 Å². The van der Waals surface area contributed by atoms with E-state index in [1.165, 1.54) is 0 Å². The minimum atomic E-state index is -4.34. The van der Waals surface area contributed by atoms with Gasteiger partial charge in [-0.3, -0.25) is 0 Å². The van der Waals surface area contributed by atoms with E-state index in [0.29, 0.717) is 0 Å². The maximum Gasteiger partial charge on any atom is 2.00 e. The molecule has 0 aliphatic rings. The Labute approximate surface area is 156 Å². The van der Waals surface area contributed by atoms with Gasteiger partial charge in [-0.05, 0) is 0 Å². The van der Waals surface area contributed by atoms with Gasteiger partial charge >= 0.3 is 159 Å². The Morgan fingerprint density at radius 2 is 0.444 bits per heavy atom. The SMILES string of the molecule is [Ni+2].[O]=[Ta](=[O])[O-].[O]=[Ta](=[O])[O-].[O]=[Ta](=[O])[O-].[O]=[Ta](=[O])[O-].[Pb+2]. The van der Waals surface area contributed by atoms with E-state index in [9.17, 15) is 0 Å². The normalized spacial score (nSPS) is 5.56. The molecule has 0 N–H and O–H groups in total. The first-order chi connectivity index (χ1) is 6.93. The summed E-state index contributed by atoms with van der Waals surface area (Å²) in [5.74, 6) is 0. The van der Waals surface area contributed by atoms with Gasteiger partial charge in [0.15, 0.2) is 0 Å². The molecule has 0 amide bonds. The van der Waals surface area contributed by atoms with Crippen LogP contribution in [0.15, 0.2) is 0 Å². The van der Waals surface area contributed by atoms with Crippen molar-refractivity contribution >= 4 is 27.3 Å². The van der Waals surface area contributed by atoms with E-state index in [-0.39, 0.29) is 43.8 Å². The minimum Gasteiger partial charge on any atom is 2.00 e. The summed E-state index contributed by atoms with van der Waals surface area (Å²) in [5.41, 5.74) is 0. The molecule has 0 fully saturated rings. The number of rotatable bonds is 0. The zero-order chi connectivity index (χ0) is 14.3. The molecule has 0 atom stereocenters. The smallest absolute Gasteiger partial charge is 2.00 e. The third-order valence-electron chi connectivity index (χ3n) is 0. The fraction of sp³-hybridized carbons (Fsp3) is 0. The van der Waals surface area contributed by atoms with Crippen molar-refractivity contribution in [3.05, 3.63) is 0 Å². The van der Waals surface area contributed by atoms with Gasteiger partial charge in [-0.1, -0.05) is 0 Å². The van der Waals surface area contributed by atoms with Gasteiger partial charge in [0.2, 0.25) is 0 Å². The molecule has 0 spiro atoms. The largest absolute Gasteiger partial charge is 2.00 e. The second-order valence-electron chi connectivity index (χ2n) is 0.894. The Kier molecular flexibility index (Phi) is 65.6. The van der Waals surface area contributed by atoms with E-state index in [1.54, 1.807) is 0 Å². The molecule has 0 bridgehead atoms. The Bertz CT molecular complexity index is 298. The Morgan fingerprint density at radius 3 is 0.444 bits per heavy atom. The summed E-state index contributed by atoms with van der Waals surface area (Å²) in [7, 11) is 0. The van der Waals surface area contributed by atoms with Crippen molar-refractivity contribution in [2.45, 2.75) is 0 Å². The summed E-state index contributed by atoms with van der Waals surface area (Å²) in [5, 5.41) is 0. The Balaban J connectivity index is -0.0000000257. The minimum absolute atomic E-state index is 0. The average molecular weight is 1180 g/mol. The molecule has 2 radical (unpaired) electrons. The molecule has 18 heavy (non-hydrogen) atoms. The molecule has 18 heteroatoms. The summed E-state index contributed by atoms with van der Waals surface area (Å²) in [6.45, 7) is 0. The van der Waals surface area contributed by atoms with Gasteiger partial charge in [0.25, 0.3) is 0 Å². The summed E-state index contributed by atoms with van der Waals surface area (Å²) in [6.07, 6.45) is 0. The molecule has 0 aliphatic heterocycles. The van der Waals surface area contributed by atoms with Crippen LogP contribution in [0.2, 0.25) is 0 Å². The molecule has 0 aliphatic carbocycles. The molecule has 0 unspecified atom stereocenters. The van der Waals surface area contributed by atoms with Crippen molar-refractivity contribution in [1.29, 1.82) is 0 Å². The van der Waals surface area contributed by atoms with Crippen LogP contribution in [0.1, 0.15) is 0 Å². The predicted molar refractivity (Wildman–Crippen MR) is 11.2 cm³/mol. The molecule has 0 saturated carbocycles. The zero-order valence-corrected chi connectivity index (χ0v) is 25.2. The maximum absolute atomic E-state index is 8.62. The van der Waals surface area contributed by atoms with Crippen molar-refractivity contribution in [1.82, 2.24) is 0 Å². The average Bonchev–Trinajstić information content (AvgIpc) is 1.76. The number of hydrogen-bond acceptors (Lipinski definition) is 12. The Morgan fingerprint density at radius 1 is 0.444 bits per heavy atom. The molecule has 0 aromatic rings. The van der Waals surface area contributed by atoms with E-state index >= 15 is 0 Å². The van der Waals surface area contributed by atoms with Crippen molar-refractivity contribution in [2.24, 2.45) is 0 Å². The van der Waals surface area contributed by atoms with Crippen molar-refractivity contribution in [3.63, 3.8) is 0 Å². The van der Waals surface area contributed by atoms with Gasteiger partial charge in [-0.25, -0.2) is 0 Å². The van der Waals surface area contributed by atoms with Gasteiger partial charge < -0.3 is 0 Å². The molecule has 0 saturated heterocycles. The topological polar surface area (TPSA) is 229 Å². The standard InChI is InChI=1S/Ni.12O.Pb.4Ta/q+2;;;;;;;;;4*-1;+2;;;;. The monoisotopic (exact) mass is 1180 g/mol. The molecule has 0 aromatic carbocycles. The van der Waals surface area contributed by atoms with E-state index in [4.69, 9.17) is 40.5 Å². The number of hydrogen-bond donors (Lipinski definition) is 0. The Hall–Kier alpha value is 2.62. The van der Waals surface area contributed by atoms with Gasteiger partial charge in [0, 0.05) is 0 Å². The summed E-state index contributed by atoms with van der Waals surface area (Å²) in [6, 6.07) is 0. The fourth-order valence-electron chi connectivity index (χ4n) is 0. The van der Waals surface area contributed by atoms with Crippen LogP contribution in [0, 0.1) is 0 Å². The van der Waals surface area contributed by atoms with Gasteiger partial charge in [-0.15, -0.1) is 0 Å². The summed E-state index contributed by atoms with van der Waals surface area (Å²) in [4.78, 5) is 0. The fourth-order valence-corrected chi connectivity index (χ4v) is 0. The van der Waals surface area contributed by atoms with E-state index in [1.807, 2.05) is 0 Å².